The Bertz CT molecular complexity index is 583. The summed E-state index contributed by atoms with van der Waals surface area (Å²) in [6.07, 6.45) is 3.71. The third kappa shape index (κ3) is 1.04. The minimum atomic E-state index is 0.502. The fraction of sp³-hybridized carbons (Fsp3) is 0.400. The largest absolute Gasteiger partial charge is 0.441 e. The lowest BCUT2D eigenvalue weighted by atomic mass is 9.95. The van der Waals surface area contributed by atoms with Crippen molar-refractivity contribution < 1.29 is 4.42 Å². The highest BCUT2D eigenvalue weighted by Gasteiger charge is 2.42. The van der Waals surface area contributed by atoms with Crippen LogP contribution in [0.3, 0.4) is 0 Å². The van der Waals surface area contributed by atoms with Gasteiger partial charge in [-0.05, 0) is 12.8 Å². The molecular formula is C10H9N3OS2. The molecule has 0 saturated carbocycles. The van der Waals surface area contributed by atoms with Crippen LogP contribution in [0.15, 0.2) is 10.7 Å². The van der Waals surface area contributed by atoms with Crippen molar-refractivity contribution in [2.75, 3.05) is 5.73 Å². The quantitative estimate of drug-likeness (QED) is 0.726. The van der Waals surface area contributed by atoms with E-state index in [9.17, 15) is 0 Å². The van der Waals surface area contributed by atoms with Gasteiger partial charge in [0, 0.05) is 10.8 Å². The maximum atomic E-state index is 5.90. The van der Waals surface area contributed by atoms with E-state index in [0.29, 0.717) is 22.0 Å². The number of nitrogens with zero attached hydrogens (tertiary/aromatic N) is 2. The summed E-state index contributed by atoms with van der Waals surface area (Å²) in [5.41, 5.74) is 7.79. The van der Waals surface area contributed by atoms with Gasteiger partial charge in [0.05, 0.1) is 10.6 Å². The number of anilines is 1. The fourth-order valence-corrected chi connectivity index (χ4v) is 5.22. The molecule has 1 aliphatic carbocycles. The predicted molar refractivity (Wildman–Crippen MR) is 66.2 cm³/mol. The zero-order valence-electron chi connectivity index (χ0n) is 8.34. The average Bonchev–Trinajstić information content (AvgIpc) is 2.57. The van der Waals surface area contributed by atoms with E-state index in [4.69, 9.17) is 10.2 Å². The summed E-state index contributed by atoms with van der Waals surface area (Å²) in [7, 11) is 3.84. The number of fused-ring (bicyclic) bond motifs is 5. The van der Waals surface area contributed by atoms with Crippen molar-refractivity contribution in [2.24, 2.45) is 0 Å². The summed E-state index contributed by atoms with van der Waals surface area (Å²) in [4.78, 5) is 8.20. The van der Waals surface area contributed by atoms with Crippen LogP contribution in [0.5, 0.6) is 0 Å². The third-order valence-corrected chi connectivity index (χ3v) is 6.69. The molecule has 2 aromatic heterocycles. The van der Waals surface area contributed by atoms with E-state index in [1.165, 1.54) is 18.3 Å². The van der Waals surface area contributed by atoms with Gasteiger partial charge in [0.15, 0.2) is 0 Å². The van der Waals surface area contributed by atoms with E-state index in [2.05, 4.69) is 9.97 Å². The molecule has 6 heteroatoms. The second-order valence-electron chi connectivity index (χ2n) is 4.07. The summed E-state index contributed by atoms with van der Waals surface area (Å²) in [6, 6.07) is 0. The molecule has 1 aliphatic heterocycles. The standard InChI is InChI=1S/C10H9N3OS2/c11-9-6-4-1-2-5-8(16-15-5)7(4)14-10(6)13-3-12-9/h3,5,8H,1-2H2,(H2,11,12,13). The van der Waals surface area contributed by atoms with Crippen molar-refractivity contribution in [3.05, 3.63) is 17.7 Å². The molecule has 3 heterocycles. The number of aromatic nitrogens is 2. The first-order chi connectivity index (χ1) is 7.84. The molecular weight excluding hydrogens is 242 g/mol. The highest BCUT2D eigenvalue weighted by molar-refractivity contribution is 8.79. The Morgan fingerprint density at radius 2 is 2.31 bits per heavy atom. The monoisotopic (exact) mass is 251 g/mol. The average molecular weight is 251 g/mol. The molecule has 16 heavy (non-hydrogen) atoms. The van der Waals surface area contributed by atoms with Crippen molar-refractivity contribution in [1.29, 1.82) is 0 Å². The van der Waals surface area contributed by atoms with E-state index in [-0.39, 0.29) is 0 Å². The van der Waals surface area contributed by atoms with Crippen LogP contribution in [0.25, 0.3) is 11.1 Å². The van der Waals surface area contributed by atoms with Crippen LogP contribution in [0.1, 0.15) is 23.0 Å². The van der Waals surface area contributed by atoms with Gasteiger partial charge in [-0.1, -0.05) is 21.6 Å². The maximum absolute atomic E-state index is 5.90. The second kappa shape index (κ2) is 3.07. The molecule has 2 N–H and O–H groups in total. The predicted octanol–water partition coefficient (Wildman–Crippen LogP) is 2.56. The SMILES string of the molecule is Nc1ncnc2oc3c(c12)CCC1SSC31. The molecule has 2 atom stereocenters. The van der Waals surface area contributed by atoms with Crippen molar-refractivity contribution in [3.63, 3.8) is 0 Å². The summed E-state index contributed by atoms with van der Waals surface area (Å²) in [5, 5.41) is 2.16. The maximum Gasteiger partial charge on any atom is 0.231 e. The fourth-order valence-electron chi connectivity index (χ4n) is 2.40. The van der Waals surface area contributed by atoms with Gasteiger partial charge in [0.25, 0.3) is 0 Å². The molecule has 4 nitrogen and oxygen atoms in total. The van der Waals surface area contributed by atoms with Gasteiger partial charge in [-0.25, -0.2) is 9.97 Å². The summed E-state index contributed by atoms with van der Waals surface area (Å²) >= 11 is 0. The first-order valence-corrected chi connectivity index (χ1v) is 7.46. The molecule has 0 aromatic carbocycles. The van der Waals surface area contributed by atoms with Crippen LogP contribution in [-0.4, -0.2) is 15.2 Å². The van der Waals surface area contributed by atoms with Crippen LogP contribution in [0.2, 0.25) is 0 Å². The van der Waals surface area contributed by atoms with Gasteiger partial charge >= 0.3 is 0 Å². The zero-order chi connectivity index (χ0) is 10.7. The molecule has 1 saturated heterocycles. The van der Waals surface area contributed by atoms with E-state index >= 15 is 0 Å². The summed E-state index contributed by atoms with van der Waals surface area (Å²) in [5.74, 6) is 1.63. The lowest BCUT2D eigenvalue weighted by molar-refractivity contribution is 0.497. The minimum Gasteiger partial charge on any atom is -0.441 e. The molecule has 82 valence electrons. The van der Waals surface area contributed by atoms with E-state index in [1.807, 2.05) is 21.6 Å². The van der Waals surface area contributed by atoms with Crippen molar-refractivity contribution in [3.8, 4) is 0 Å². The Morgan fingerprint density at radius 3 is 3.12 bits per heavy atom. The third-order valence-electron chi connectivity index (χ3n) is 3.21. The lowest BCUT2D eigenvalue weighted by Gasteiger charge is -2.37. The van der Waals surface area contributed by atoms with Gasteiger partial charge in [0.2, 0.25) is 5.71 Å². The second-order valence-corrected chi connectivity index (χ2v) is 6.73. The Kier molecular flexibility index (Phi) is 1.76. The van der Waals surface area contributed by atoms with Gasteiger partial charge < -0.3 is 10.2 Å². The van der Waals surface area contributed by atoms with Gasteiger partial charge in [-0.3, -0.25) is 0 Å². The normalized spacial score (nSPS) is 27.2. The molecule has 0 radical (unpaired) electrons. The molecule has 4 rings (SSSR count). The highest BCUT2D eigenvalue weighted by Crippen LogP contribution is 2.62. The van der Waals surface area contributed by atoms with Crippen molar-refractivity contribution >= 4 is 38.5 Å². The topological polar surface area (TPSA) is 64.9 Å². The molecule has 2 unspecified atom stereocenters. The number of nitrogen functional groups attached to an aromatic ring is 1. The van der Waals surface area contributed by atoms with Gasteiger partial charge in [-0.2, -0.15) is 0 Å². The number of aryl methyl sites for hydroxylation is 1. The number of rotatable bonds is 0. The molecule has 1 fully saturated rings. The first-order valence-electron chi connectivity index (χ1n) is 5.18. The first kappa shape index (κ1) is 9.18. The number of furan rings is 1. The van der Waals surface area contributed by atoms with E-state index in [0.717, 1.165) is 17.6 Å². The zero-order valence-corrected chi connectivity index (χ0v) is 9.98. The van der Waals surface area contributed by atoms with Crippen LogP contribution >= 0.6 is 21.6 Å². The van der Waals surface area contributed by atoms with Crippen LogP contribution in [0.4, 0.5) is 5.82 Å². The number of hydrogen-bond acceptors (Lipinski definition) is 6. The number of nitrogens with two attached hydrogens (primary N) is 1. The highest BCUT2D eigenvalue weighted by atomic mass is 33.1. The Balaban J connectivity index is 2.03. The van der Waals surface area contributed by atoms with Crippen LogP contribution < -0.4 is 5.73 Å². The molecule has 0 amide bonds. The lowest BCUT2D eigenvalue weighted by Crippen LogP contribution is -2.24. The van der Waals surface area contributed by atoms with Crippen molar-refractivity contribution in [2.45, 2.75) is 23.3 Å². The smallest absolute Gasteiger partial charge is 0.231 e. The van der Waals surface area contributed by atoms with Crippen LogP contribution in [0, 0.1) is 0 Å². The summed E-state index contributed by atoms with van der Waals surface area (Å²) in [6.45, 7) is 0. The van der Waals surface area contributed by atoms with Crippen LogP contribution in [-0.2, 0) is 6.42 Å². The van der Waals surface area contributed by atoms with Gasteiger partial charge in [0.1, 0.15) is 17.9 Å². The molecule has 2 aliphatic rings. The van der Waals surface area contributed by atoms with E-state index in [1.54, 1.807) is 0 Å². The Labute approximate surface area is 99.8 Å². The minimum absolute atomic E-state index is 0.502. The molecule has 0 spiro atoms. The molecule has 0 bridgehead atoms. The number of hydrogen-bond donors (Lipinski definition) is 1. The Morgan fingerprint density at radius 1 is 1.38 bits per heavy atom. The summed E-state index contributed by atoms with van der Waals surface area (Å²) < 4.78 is 5.84. The Hall–Kier alpha value is -0.880. The van der Waals surface area contributed by atoms with Crippen molar-refractivity contribution in [1.82, 2.24) is 9.97 Å². The molecule has 2 aromatic rings. The van der Waals surface area contributed by atoms with E-state index < -0.39 is 0 Å². The van der Waals surface area contributed by atoms with Gasteiger partial charge in [-0.15, -0.1) is 0 Å².